The summed E-state index contributed by atoms with van der Waals surface area (Å²) >= 11 is 0. The van der Waals surface area contributed by atoms with E-state index in [1.165, 1.54) is 24.8 Å². The molecule has 0 saturated carbocycles. The number of hydrogen-bond acceptors (Lipinski definition) is 6. The van der Waals surface area contributed by atoms with Crippen LogP contribution in [0.15, 0.2) is 36.8 Å². The first-order chi connectivity index (χ1) is 11.8. The Morgan fingerprint density at radius 1 is 1.04 bits per heavy atom. The second-order valence-corrected chi connectivity index (χ2v) is 6.17. The largest absolute Gasteiger partial charge is 0.341 e. The number of hydrogen-bond donors (Lipinski definition) is 1. The zero-order valence-electron chi connectivity index (χ0n) is 13.7. The van der Waals surface area contributed by atoms with Gasteiger partial charge in [0.1, 0.15) is 17.4 Å². The molecule has 3 heterocycles. The van der Waals surface area contributed by atoms with Gasteiger partial charge < -0.3 is 10.2 Å². The van der Waals surface area contributed by atoms with Crippen molar-refractivity contribution >= 4 is 28.5 Å². The van der Waals surface area contributed by atoms with E-state index in [1.54, 1.807) is 12.5 Å². The number of fused-ring (bicyclic) bond motifs is 1. The fourth-order valence-electron chi connectivity index (χ4n) is 3.04. The summed E-state index contributed by atoms with van der Waals surface area (Å²) in [4.78, 5) is 20.2. The molecule has 0 radical (unpaired) electrons. The Balaban J connectivity index is 1.71. The third-order valence-electron chi connectivity index (χ3n) is 4.28. The highest BCUT2D eigenvalue weighted by molar-refractivity contribution is 5.87. The Bertz CT molecular complexity index is 857. The van der Waals surface area contributed by atoms with Crippen molar-refractivity contribution in [1.82, 2.24) is 19.9 Å². The van der Waals surface area contributed by atoms with Crippen LogP contribution in [0.2, 0.25) is 0 Å². The lowest BCUT2D eigenvalue weighted by molar-refractivity contribution is 0.569. The molecule has 6 heteroatoms. The predicted molar refractivity (Wildman–Crippen MR) is 95.7 cm³/mol. The number of anilines is 3. The Morgan fingerprint density at radius 2 is 1.92 bits per heavy atom. The number of nitrogens with zero attached hydrogens (tertiary/aromatic N) is 5. The van der Waals surface area contributed by atoms with Crippen molar-refractivity contribution in [3.8, 4) is 0 Å². The topological polar surface area (TPSA) is 66.8 Å². The number of piperidine rings is 1. The lowest BCUT2D eigenvalue weighted by Crippen LogP contribution is -2.31. The van der Waals surface area contributed by atoms with E-state index in [1.807, 2.05) is 12.1 Å². The van der Waals surface area contributed by atoms with Crippen molar-refractivity contribution in [2.75, 3.05) is 23.3 Å². The van der Waals surface area contributed by atoms with Crippen LogP contribution in [0, 0.1) is 6.92 Å². The van der Waals surface area contributed by atoms with Crippen LogP contribution in [-0.2, 0) is 0 Å². The van der Waals surface area contributed by atoms with Gasteiger partial charge in [0, 0.05) is 18.8 Å². The molecule has 0 bridgehead atoms. The van der Waals surface area contributed by atoms with Crippen molar-refractivity contribution < 1.29 is 0 Å². The molecule has 0 spiro atoms. The zero-order valence-corrected chi connectivity index (χ0v) is 13.7. The van der Waals surface area contributed by atoms with E-state index in [-0.39, 0.29) is 0 Å². The normalized spacial score (nSPS) is 14.8. The molecule has 3 aromatic rings. The number of aryl methyl sites for hydroxylation is 1. The third-order valence-corrected chi connectivity index (χ3v) is 4.28. The van der Waals surface area contributed by atoms with E-state index in [4.69, 9.17) is 4.98 Å². The maximum Gasteiger partial charge on any atom is 0.226 e. The van der Waals surface area contributed by atoms with Crippen molar-refractivity contribution in [2.45, 2.75) is 26.2 Å². The standard InChI is InChI=1S/C18H20N6/c1-13-6-5-7-14(10-13)22-17-16-15(20-12-21-17)11-19-18(23-16)24-8-3-2-4-9-24/h5-7,10-12H,2-4,8-9H2,1H3,(H,20,21,22). The van der Waals surface area contributed by atoms with E-state index in [0.717, 1.165) is 35.8 Å². The van der Waals surface area contributed by atoms with Gasteiger partial charge in [-0.2, -0.15) is 0 Å². The van der Waals surface area contributed by atoms with Crippen LogP contribution in [0.1, 0.15) is 24.8 Å². The van der Waals surface area contributed by atoms with Gasteiger partial charge in [-0.15, -0.1) is 0 Å². The number of benzene rings is 1. The van der Waals surface area contributed by atoms with Gasteiger partial charge in [0.2, 0.25) is 5.95 Å². The molecule has 24 heavy (non-hydrogen) atoms. The fourth-order valence-corrected chi connectivity index (χ4v) is 3.04. The first-order valence-corrected chi connectivity index (χ1v) is 8.36. The summed E-state index contributed by atoms with van der Waals surface area (Å²) < 4.78 is 0. The third kappa shape index (κ3) is 2.99. The van der Waals surface area contributed by atoms with Crippen LogP contribution in [0.5, 0.6) is 0 Å². The highest BCUT2D eigenvalue weighted by Crippen LogP contribution is 2.24. The van der Waals surface area contributed by atoms with Crippen molar-refractivity contribution in [3.63, 3.8) is 0 Å². The summed E-state index contributed by atoms with van der Waals surface area (Å²) in [6.45, 7) is 4.10. The molecule has 122 valence electrons. The van der Waals surface area contributed by atoms with E-state index in [9.17, 15) is 0 Å². The lowest BCUT2D eigenvalue weighted by atomic mass is 10.1. The quantitative estimate of drug-likeness (QED) is 0.797. The molecular weight excluding hydrogens is 300 g/mol. The molecule has 1 aliphatic heterocycles. The summed E-state index contributed by atoms with van der Waals surface area (Å²) in [6, 6.07) is 8.20. The van der Waals surface area contributed by atoms with Gasteiger partial charge in [-0.1, -0.05) is 12.1 Å². The zero-order chi connectivity index (χ0) is 16.4. The summed E-state index contributed by atoms with van der Waals surface area (Å²) in [5.74, 6) is 1.48. The highest BCUT2D eigenvalue weighted by Gasteiger charge is 2.15. The molecule has 2 aromatic heterocycles. The van der Waals surface area contributed by atoms with Gasteiger partial charge in [0.15, 0.2) is 5.82 Å². The Hall–Kier alpha value is -2.76. The molecule has 6 nitrogen and oxygen atoms in total. The van der Waals surface area contributed by atoms with E-state index in [0.29, 0.717) is 5.82 Å². The molecule has 0 amide bonds. The minimum atomic E-state index is 0.714. The molecule has 0 atom stereocenters. The van der Waals surface area contributed by atoms with E-state index < -0.39 is 0 Å². The average Bonchev–Trinajstić information content (AvgIpc) is 2.62. The van der Waals surface area contributed by atoms with Crippen LogP contribution in [0.3, 0.4) is 0 Å². The second kappa shape index (κ2) is 6.39. The highest BCUT2D eigenvalue weighted by atomic mass is 15.3. The second-order valence-electron chi connectivity index (χ2n) is 6.17. The van der Waals surface area contributed by atoms with Gasteiger partial charge in [-0.25, -0.2) is 19.9 Å². The van der Waals surface area contributed by atoms with Crippen LogP contribution >= 0.6 is 0 Å². The lowest BCUT2D eigenvalue weighted by Gasteiger charge is -2.26. The molecule has 0 aliphatic carbocycles. The average molecular weight is 320 g/mol. The SMILES string of the molecule is Cc1cccc(Nc2ncnc3cnc(N4CCCCC4)nc23)c1. The van der Waals surface area contributed by atoms with Gasteiger partial charge >= 0.3 is 0 Å². The van der Waals surface area contributed by atoms with Gasteiger partial charge in [-0.05, 0) is 43.9 Å². The molecular formula is C18H20N6. The van der Waals surface area contributed by atoms with Crippen LogP contribution in [-0.4, -0.2) is 33.0 Å². The summed E-state index contributed by atoms with van der Waals surface area (Å²) in [7, 11) is 0. The van der Waals surface area contributed by atoms with Crippen LogP contribution < -0.4 is 10.2 Å². The number of aromatic nitrogens is 4. The summed E-state index contributed by atoms with van der Waals surface area (Å²) in [5.41, 5.74) is 3.70. The Kier molecular flexibility index (Phi) is 3.94. The molecule has 1 N–H and O–H groups in total. The minimum absolute atomic E-state index is 0.714. The summed E-state index contributed by atoms with van der Waals surface area (Å²) in [5, 5.41) is 3.36. The molecule has 4 rings (SSSR count). The maximum atomic E-state index is 4.74. The van der Waals surface area contributed by atoms with Crippen molar-refractivity contribution in [1.29, 1.82) is 0 Å². The minimum Gasteiger partial charge on any atom is -0.341 e. The molecule has 1 saturated heterocycles. The molecule has 1 aromatic carbocycles. The van der Waals surface area contributed by atoms with E-state index >= 15 is 0 Å². The van der Waals surface area contributed by atoms with Crippen LogP contribution in [0.4, 0.5) is 17.5 Å². The summed E-state index contributed by atoms with van der Waals surface area (Å²) in [6.07, 6.45) is 7.01. The maximum absolute atomic E-state index is 4.74. The van der Waals surface area contributed by atoms with E-state index in [2.05, 4.69) is 44.2 Å². The fraction of sp³-hybridized carbons (Fsp3) is 0.333. The van der Waals surface area contributed by atoms with Gasteiger partial charge in [0.25, 0.3) is 0 Å². The number of rotatable bonds is 3. The van der Waals surface area contributed by atoms with Gasteiger partial charge in [-0.3, -0.25) is 0 Å². The van der Waals surface area contributed by atoms with Crippen LogP contribution in [0.25, 0.3) is 11.0 Å². The van der Waals surface area contributed by atoms with Gasteiger partial charge in [0.05, 0.1) is 6.20 Å². The Labute approximate surface area is 141 Å². The molecule has 0 unspecified atom stereocenters. The Morgan fingerprint density at radius 3 is 2.75 bits per heavy atom. The molecule has 1 aliphatic rings. The number of nitrogens with one attached hydrogen (secondary N) is 1. The first-order valence-electron chi connectivity index (χ1n) is 8.36. The van der Waals surface area contributed by atoms with Crippen molar-refractivity contribution in [2.24, 2.45) is 0 Å². The monoisotopic (exact) mass is 320 g/mol. The van der Waals surface area contributed by atoms with Crippen molar-refractivity contribution in [3.05, 3.63) is 42.4 Å². The predicted octanol–water partition coefficient (Wildman–Crippen LogP) is 3.46. The smallest absolute Gasteiger partial charge is 0.226 e. The first kappa shape index (κ1) is 14.8. The molecule has 1 fully saturated rings.